The molecule has 352 valence electrons. The third kappa shape index (κ3) is 23.2. The molecule has 0 aromatic heterocycles. The monoisotopic (exact) mass is 861 g/mol. The Bertz CT molecular complexity index is 1090. The van der Waals surface area contributed by atoms with E-state index < -0.39 is 80.7 Å². The van der Waals surface area contributed by atoms with Crippen molar-refractivity contribution in [2.75, 3.05) is 33.0 Å². The lowest BCUT2D eigenvalue weighted by molar-refractivity contribution is -0.332. The molecule has 0 aromatic carbocycles. The minimum atomic E-state index is -1.70. The van der Waals surface area contributed by atoms with Crippen LogP contribution in [0.3, 0.4) is 0 Å². The van der Waals surface area contributed by atoms with Crippen molar-refractivity contribution in [2.45, 2.75) is 229 Å². The standard InChI is InChI=1S/C46H84O14/c1-3-5-7-9-11-13-15-17-18-20-22-24-26-28-30-55-32-35(58-38(48)29-27-25-23-21-19-16-14-12-10-8-6-4-2)33-56-45-44(54)42(52)40(50)37(60-45)34-57-46-43(53)41(51)39(49)36(31-47)59-46/h7,9,13,15,35-37,39-47,49-54H,3-6,8,10-12,14,16-34H2,1-2H3/b9-7-,15-13-. The van der Waals surface area contributed by atoms with Crippen molar-refractivity contribution < 1.29 is 69.0 Å². The fourth-order valence-electron chi connectivity index (χ4n) is 7.32. The normalized spacial score (nSPS) is 27.9. The van der Waals surface area contributed by atoms with Crippen LogP contribution in [-0.4, -0.2) is 142 Å². The first kappa shape index (κ1) is 54.6. The maximum absolute atomic E-state index is 12.9. The van der Waals surface area contributed by atoms with E-state index in [1.54, 1.807) is 0 Å². The van der Waals surface area contributed by atoms with E-state index in [9.17, 15) is 40.5 Å². The molecule has 11 unspecified atom stereocenters. The number of hydrogen-bond donors (Lipinski definition) is 7. The molecule has 2 saturated heterocycles. The Morgan fingerprint density at radius 3 is 1.67 bits per heavy atom. The fourth-order valence-corrected chi connectivity index (χ4v) is 7.32. The van der Waals surface area contributed by atoms with Gasteiger partial charge < -0.3 is 64.2 Å². The Kier molecular flexibility index (Phi) is 31.8. The number of rotatable bonds is 36. The summed E-state index contributed by atoms with van der Waals surface area (Å²) in [6.07, 6.45) is 18.1. The summed E-state index contributed by atoms with van der Waals surface area (Å²) >= 11 is 0. The molecule has 14 heteroatoms. The molecule has 11 atom stereocenters. The molecule has 2 fully saturated rings. The molecule has 7 N–H and O–H groups in total. The molecule has 2 aliphatic heterocycles. The number of ether oxygens (including phenoxy) is 6. The molecule has 0 spiro atoms. The highest BCUT2D eigenvalue weighted by Crippen LogP contribution is 2.26. The minimum absolute atomic E-state index is 0.0573. The lowest BCUT2D eigenvalue weighted by Gasteiger charge is -2.42. The van der Waals surface area contributed by atoms with Crippen LogP contribution in [0.2, 0.25) is 0 Å². The number of unbranched alkanes of at least 4 members (excludes halogenated alkanes) is 18. The second kappa shape index (κ2) is 34.9. The molecular weight excluding hydrogens is 776 g/mol. The minimum Gasteiger partial charge on any atom is -0.457 e. The summed E-state index contributed by atoms with van der Waals surface area (Å²) < 4.78 is 34.1. The van der Waals surface area contributed by atoms with Crippen LogP contribution in [0.15, 0.2) is 24.3 Å². The van der Waals surface area contributed by atoms with Crippen LogP contribution < -0.4 is 0 Å². The van der Waals surface area contributed by atoms with E-state index in [1.165, 1.54) is 70.6 Å². The molecule has 2 aliphatic rings. The smallest absolute Gasteiger partial charge is 0.306 e. The molecule has 0 radical (unpaired) electrons. The van der Waals surface area contributed by atoms with Crippen LogP contribution in [0.1, 0.15) is 162 Å². The SMILES string of the molecule is CCC/C=C\C/C=C\CCCCCCCCOCC(COC1OC(COC2OC(CO)C(O)C(O)C2O)C(O)C(O)C1O)OC(=O)CCCCCCCCCCCCCC. The van der Waals surface area contributed by atoms with Gasteiger partial charge in [0.1, 0.15) is 54.9 Å². The van der Waals surface area contributed by atoms with Gasteiger partial charge in [-0.2, -0.15) is 0 Å². The van der Waals surface area contributed by atoms with E-state index >= 15 is 0 Å². The molecule has 14 nitrogen and oxygen atoms in total. The average Bonchev–Trinajstić information content (AvgIpc) is 3.24. The number of carbonyl (C=O) groups excluding carboxylic acids is 1. The van der Waals surface area contributed by atoms with Gasteiger partial charge in [-0.1, -0.05) is 141 Å². The lowest BCUT2D eigenvalue weighted by atomic mass is 9.98. The molecule has 60 heavy (non-hydrogen) atoms. The van der Waals surface area contributed by atoms with Gasteiger partial charge in [0, 0.05) is 13.0 Å². The highest BCUT2D eigenvalue weighted by molar-refractivity contribution is 5.69. The van der Waals surface area contributed by atoms with Gasteiger partial charge in [0.25, 0.3) is 0 Å². The number of allylic oxidation sites excluding steroid dienone is 4. The van der Waals surface area contributed by atoms with E-state index in [-0.39, 0.29) is 25.6 Å². The van der Waals surface area contributed by atoms with Gasteiger partial charge in [-0.05, 0) is 38.5 Å². The number of esters is 1. The summed E-state index contributed by atoms with van der Waals surface area (Å²) in [5.74, 6) is -0.381. The fraction of sp³-hybridized carbons (Fsp3) is 0.891. The van der Waals surface area contributed by atoms with Crippen LogP contribution in [0.25, 0.3) is 0 Å². The molecule has 0 saturated carbocycles. The molecule has 0 amide bonds. The third-order valence-corrected chi connectivity index (χ3v) is 11.2. The van der Waals surface area contributed by atoms with Crippen molar-refractivity contribution >= 4 is 5.97 Å². The lowest BCUT2D eigenvalue weighted by Crippen LogP contribution is -2.61. The predicted octanol–water partition coefficient (Wildman–Crippen LogP) is 5.68. The Balaban J connectivity index is 1.81. The summed E-state index contributed by atoms with van der Waals surface area (Å²) in [4.78, 5) is 12.9. The average molecular weight is 861 g/mol. The zero-order chi connectivity index (χ0) is 43.8. The second-order valence-electron chi connectivity index (χ2n) is 16.6. The number of aliphatic hydroxyl groups is 7. The Morgan fingerprint density at radius 2 is 1.07 bits per heavy atom. The zero-order valence-corrected chi connectivity index (χ0v) is 36.9. The van der Waals surface area contributed by atoms with Crippen molar-refractivity contribution in [3.63, 3.8) is 0 Å². The maximum Gasteiger partial charge on any atom is 0.306 e. The largest absolute Gasteiger partial charge is 0.457 e. The Morgan fingerprint density at radius 1 is 0.550 bits per heavy atom. The van der Waals surface area contributed by atoms with Gasteiger partial charge in [-0.25, -0.2) is 0 Å². The third-order valence-electron chi connectivity index (χ3n) is 11.2. The van der Waals surface area contributed by atoms with E-state index in [1.807, 2.05) is 0 Å². The highest BCUT2D eigenvalue weighted by Gasteiger charge is 2.47. The van der Waals surface area contributed by atoms with E-state index in [0.29, 0.717) is 13.0 Å². The van der Waals surface area contributed by atoms with E-state index in [4.69, 9.17) is 28.4 Å². The van der Waals surface area contributed by atoms with Crippen LogP contribution in [0.5, 0.6) is 0 Å². The second-order valence-corrected chi connectivity index (χ2v) is 16.6. The van der Waals surface area contributed by atoms with Gasteiger partial charge >= 0.3 is 5.97 Å². The Labute approximate surface area is 360 Å². The van der Waals surface area contributed by atoms with Gasteiger partial charge in [0.05, 0.1) is 26.4 Å². The van der Waals surface area contributed by atoms with Crippen molar-refractivity contribution in [3.8, 4) is 0 Å². The summed E-state index contributed by atoms with van der Waals surface area (Å²) in [7, 11) is 0. The van der Waals surface area contributed by atoms with Crippen LogP contribution >= 0.6 is 0 Å². The summed E-state index contributed by atoms with van der Waals surface area (Å²) in [5, 5.41) is 71.9. The van der Waals surface area contributed by atoms with Gasteiger partial charge in [0.2, 0.25) is 0 Å². The first-order chi connectivity index (χ1) is 29.1. The van der Waals surface area contributed by atoms with Crippen molar-refractivity contribution in [2.24, 2.45) is 0 Å². The molecule has 0 aromatic rings. The van der Waals surface area contributed by atoms with Crippen LogP contribution in [-0.2, 0) is 33.2 Å². The van der Waals surface area contributed by atoms with Gasteiger partial charge in [-0.15, -0.1) is 0 Å². The highest BCUT2D eigenvalue weighted by atomic mass is 16.7. The molecule has 2 heterocycles. The van der Waals surface area contributed by atoms with Crippen molar-refractivity contribution in [1.29, 1.82) is 0 Å². The molecular formula is C46H84O14. The molecule has 2 rings (SSSR count). The zero-order valence-electron chi connectivity index (χ0n) is 36.9. The summed E-state index contributed by atoms with van der Waals surface area (Å²) in [6.45, 7) is 3.59. The van der Waals surface area contributed by atoms with E-state index in [0.717, 1.165) is 64.2 Å². The topological polar surface area (TPSA) is 214 Å². The summed E-state index contributed by atoms with van der Waals surface area (Å²) in [6, 6.07) is 0. The van der Waals surface area contributed by atoms with Crippen LogP contribution in [0.4, 0.5) is 0 Å². The van der Waals surface area contributed by atoms with Crippen LogP contribution in [0, 0.1) is 0 Å². The number of hydrogen-bond acceptors (Lipinski definition) is 14. The summed E-state index contributed by atoms with van der Waals surface area (Å²) in [5.41, 5.74) is 0. The van der Waals surface area contributed by atoms with Crippen molar-refractivity contribution in [1.82, 2.24) is 0 Å². The first-order valence-corrected chi connectivity index (χ1v) is 23.4. The number of carbonyl (C=O) groups is 1. The Hall–Kier alpha value is -1.53. The predicted molar refractivity (Wildman–Crippen MR) is 229 cm³/mol. The number of aliphatic hydroxyl groups excluding tert-OH is 7. The molecule has 0 bridgehead atoms. The molecule has 0 aliphatic carbocycles. The maximum atomic E-state index is 12.9. The van der Waals surface area contributed by atoms with Crippen molar-refractivity contribution in [3.05, 3.63) is 24.3 Å². The van der Waals surface area contributed by atoms with E-state index in [2.05, 4.69) is 38.2 Å². The quantitative estimate of drug-likeness (QED) is 0.0230. The van der Waals surface area contributed by atoms with Gasteiger partial charge in [0.15, 0.2) is 12.6 Å². The van der Waals surface area contributed by atoms with Gasteiger partial charge in [-0.3, -0.25) is 4.79 Å². The first-order valence-electron chi connectivity index (χ1n) is 23.4.